The van der Waals surface area contributed by atoms with Crippen molar-refractivity contribution in [3.8, 4) is 17.0 Å². The molecule has 3 aromatic rings. The quantitative estimate of drug-likeness (QED) is 0.571. The molecule has 0 bridgehead atoms. The van der Waals surface area contributed by atoms with Crippen LogP contribution in [0.3, 0.4) is 0 Å². The van der Waals surface area contributed by atoms with Crippen molar-refractivity contribution in [1.29, 1.82) is 0 Å². The number of H-pyrrole nitrogens is 1. The topological polar surface area (TPSA) is 97.0 Å². The summed E-state index contributed by atoms with van der Waals surface area (Å²) in [4.78, 5) is 26.8. The fourth-order valence-corrected chi connectivity index (χ4v) is 2.96. The summed E-state index contributed by atoms with van der Waals surface area (Å²) in [5, 5.41) is 10.5. The number of alkyl halides is 3. The Kier molecular flexibility index (Phi) is 6.40. The Balaban J connectivity index is 1.56. The predicted octanol–water partition coefficient (Wildman–Crippen LogP) is 3.77. The summed E-state index contributed by atoms with van der Waals surface area (Å²) in [6, 6.07) is 12.0. The van der Waals surface area contributed by atoms with E-state index in [1.807, 2.05) is 19.1 Å². The van der Waals surface area contributed by atoms with Crippen LogP contribution in [0.2, 0.25) is 0 Å². The highest BCUT2D eigenvalue weighted by atomic mass is 32.2. The average Bonchev–Trinajstić information content (AvgIpc) is 2.68. The molecule has 2 aromatic carbocycles. The molecule has 2 N–H and O–H groups in total. The van der Waals surface area contributed by atoms with Crippen LogP contribution in [0.25, 0.3) is 11.3 Å². The zero-order chi connectivity index (χ0) is 21.7. The fraction of sp³-hybridized carbons (Fsp3) is 0.158. The number of aryl methyl sites for hydroxylation is 1. The van der Waals surface area contributed by atoms with Gasteiger partial charge in [-0.3, -0.25) is 14.6 Å². The standard InChI is InChI=1S/C19H15F3N4O3S/c1-11-2-4-12(5-3-11)16-17(28)24-18(26-25-16)30-10-15(27)23-13-6-8-14(9-7-13)29-19(20,21)22/h2-9H,10H2,1H3,(H,23,27)(H,24,26,28). The zero-order valence-corrected chi connectivity index (χ0v) is 16.3. The maximum absolute atomic E-state index is 12.2. The van der Waals surface area contributed by atoms with E-state index in [4.69, 9.17) is 0 Å². The van der Waals surface area contributed by atoms with E-state index in [1.54, 1.807) is 12.1 Å². The molecule has 3 rings (SSSR count). The van der Waals surface area contributed by atoms with E-state index in [0.717, 1.165) is 29.5 Å². The number of hydrogen-bond acceptors (Lipinski definition) is 6. The molecular weight excluding hydrogens is 421 g/mol. The Labute approximate surface area is 172 Å². The average molecular weight is 436 g/mol. The van der Waals surface area contributed by atoms with E-state index >= 15 is 0 Å². The van der Waals surface area contributed by atoms with Crippen LogP contribution in [0.4, 0.5) is 18.9 Å². The molecule has 0 aliphatic rings. The first-order chi connectivity index (χ1) is 14.2. The second-order valence-corrected chi connectivity index (χ2v) is 7.05. The van der Waals surface area contributed by atoms with Crippen LogP contribution in [-0.4, -0.2) is 33.2 Å². The number of thioether (sulfide) groups is 1. The van der Waals surface area contributed by atoms with Crippen LogP contribution >= 0.6 is 11.8 Å². The number of aromatic amines is 1. The number of aromatic nitrogens is 3. The maximum atomic E-state index is 12.2. The van der Waals surface area contributed by atoms with Crippen molar-refractivity contribution in [3.05, 3.63) is 64.4 Å². The molecule has 1 aromatic heterocycles. The Bertz CT molecular complexity index is 1080. The summed E-state index contributed by atoms with van der Waals surface area (Å²) in [7, 11) is 0. The third-order valence-electron chi connectivity index (χ3n) is 3.71. The van der Waals surface area contributed by atoms with Gasteiger partial charge in [-0.25, -0.2) is 0 Å². The number of nitrogens with one attached hydrogen (secondary N) is 2. The molecule has 0 fully saturated rings. The summed E-state index contributed by atoms with van der Waals surface area (Å²) in [5.74, 6) is -0.916. The van der Waals surface area contributed by atoms with Gasteiger partial charge >= 0.3 is 6.36 Å². The highest BCUT2D eigenvalue weighted by molar-refractivity contribution is 7.99. The number of hydrogen-bond donors (Lipinski definition) is 2. The van der Waals surface area contributed by atoms with E-state index in [-0.39, 0.29) is 16.6 Å². The number of carbonyl (C=O) groups is 1. The first-order valence-corrected chi connectivity index (χ1v) is 9.51. The van der Waals surface area contributed by atoms with Gasteiger partial charge in [0, 0.05) is 11.3 Å². The second-order valence-electron chi connectivity index (χ2n) is 6.08. The minimum absolute atomic E-state index is 0.0880. The Morgan fingerprint density at radius 3 is 2.37 bits per heavy atom. The molecule has 0 aliphatic heterocycles. The van der Waals surface area contributed by atoms with E-state index < -0.39 is 23.6 Å². The molecule has 0 aliphatic carbocycles. The first kappa shape index (κ1) is 21.4. The zero-order valence-electron chi connectivity index (χ0n) is 15.5. The molecule has 0 atom stereocenters. The summed E-state index contributed by atoms with van der Waals surface area (Å²) in [6.07, 6.45) is -4.78. The van der Waals surface area contributed by atoms with Gasteiger partial charge in [-0.1, -0.05) is 41.6 Å². The molecule has 1 amide bonds. The number of nitrogens with zero attached hydrogens (tertiary/aromatic N) is 2. The molecule has 0 saturated heterocycles. The Hall–Kier alpha value is -3.34. The van der Waals surface area contributed by atoms with Crippen LogP contribution in [0.15, 0.2) is 58.5 Å². The van der Waals surface area contributed by atoms with Gasteiger partial charge in [-0.15, -0.1) is 23.4 Å². The van der Waals surface area contributed by atoms with Crippen LogP contribution in [0.1, 0.15) is 5.56 Å². The number of halogens is 3. The van der Waals surface area contributed by atoms with Crippen LogP contribution < -0.4 is 15.6 Å². The largest absolute Gasteiger partial charge is 0.573 e. The van der Waals surface area contributed by atoms with Gasteiger partial charge in [0.2, 0.25) is 5.91 Å². The number of rotatable bonds is 6. The molecule has 7 nitrogen and oxygen atoms in total. The smallest absolute Gasteiger partial charge is 0.406 e. The lowest BCUT2D eigenvalue weighted by atomic mass is 10.1. The van der Waals surface area contributed by atoms with E-state index in [2.05, 4.69) is 25.2 Å². The lowest BCUT2D eigenvalue weighted by Gasteiger charge is -2.09. The van der Waals surface area contributed by atoms with Crippen molar-refractivity contribution in [2.24, 2.45) is 0 Å². The Morgan fingerprint density at radius 2 is 1.77 bits per heavy atom. The third kappa shape index (κ3) is 6.08. The van der Waals surface area contributed by atoms with E-state index in [9.17, 15) is 22.8 Å². The summed E-state index contributed by atoms with van der Waals surface area (Å²) < 4.78 is 40.2. The highest BCUT2D eigenvalue weighted by Gasteiger charge is 2.30. The Morgan fingerprint density at radius 1 is 1.10 bits per heavy atom. The second kappa shape index (κ2) is 8.99. The molecule has 11 heteroatoms. The lowest BCUT2D eigenvalue weighted by molar-refractivity contribution is -0.274. The van der Waals surface area contributed by atoms with E-state index in [1.165, 1.54) is 12.1 Å². The van der Waals surface area contributed by atoms with Gasteiger partial charge < -0.3 is 10.1 Å². The highest BCUT2D eigenvalue weighted by Crippen LogP contribution is 2.24. The van der Waals surface area contributed by atoms with Gasteiger partial charge in [0.1, 0.15) is 5.75 Å². The monoisotopic (exact) mass is 436 g/mol. The van der Waals surface area contributed by atoms with Crippen molar-refractivity contribution in [2.75, 3.05) is 11.1 Å². The van der Waals surface area contributed by atoms with Crippen LogP contribution in [-0.2, 0) is 4.79 Å². The maximum Gasteiger partial charge on any atom is 0.573 e. The number of amides is 1. The van der Waals surface area contributed by atoms with Crippen molar-refractivity contribution in [3.63, 3.8) is 0 Å². The molecular formula is C19H15F3N4O3S. The number of anilines is 1. The van der Waals surface area contributed by atoms with Crippen molar-refractivity contribution < 1.29 is 22.7 Å². The summed E-state index contributed by atoms with van der Waals surface area (Å²) in [6.45, 7) is 1.93. The van der Waals surface area contributed by atoms with Gasteiger partial charge in [-0.2, -0.15) is 0 Å². The van der Waals surface area contributed by atoms with Gasteiger partial charge in [-0.05, 0) is 31.2 Å². The molecule has 0 spiro atoms. The van der Waals surface area contributed by atoms with Gasteiger partial charge in [0.05, 0.1) is 5.75 Å². The van der Waals surface area contributed by atoms with Gasteiger partial charge in [0.15, 0.2) is 10.9 Å². The minimum atomic E-state index is -4.78. The normalized spacial score (nSPS) is 11.2. The molecule has 0 unspecified atom stereocenters. The lowest BCUT2D eigenvalue weighted by Crippen LogP contribution is -2.18. The molecule has 0 saturated carbocycles. The number of carbonyl (C=O) groups excluding carboxylic acids is 1. The molecule has 156 valence electrons. The minimum Gasteiger partial charge on any atom is -0.406 e. The van der Waals surface area contributed by atoms with Crippen LogP contribution in [0, 0.1) is 6.92 Å². The SMILES string of the molecule is Cc1ccc(-c2nnc(SCC(=O)Nc3ccc(OC(F)(F)F)cc3)[nH]c2=O)cc1. The molecule has 1 heterocycles. The molecule has 30 heavy (non-hydrogen) atoms. The van der Waals surface area contributed by atoms with Crippen molar-refractivity contribution in [2.45, 2.75) is 18.4 Å². The molecule has 0 radical (unpaired) electrons. The fourth-order valence-electron chi connectivity index (χ4n) is 2.36. The van der Waals surface area contributed by atoms with Gasteiger partial charge in [0.25, 0.3) is 5.56 Å². The summed E-state index contributed by atoms with van der Waals surface area (Å²) >= 11 is 0.965. The summed E-state index contributed by atoms with van der Waals surface area (Å²) in [5.41, 5.74) is 1.71. The van der Waals surface area contributed by atoms with Crippen molar-refractivity contribution in [1.82, 2.24) is 15.2 Å². The van der Waals surface area contributed by atoms with Crippen molar-refractivity contribution >= 4 is 23.4 Å². The first-order valence-electron chi connectivity index (χ1n) is 8.52. The van der Waals surface area contributed by atoms with Crippen LogP contribution in [0.5, 0.6) is 5.75 Å². The van der Waals surface area contributed by atoms with E-state index in [0.29, 0.717) is 11.3 Å². The number of benzene rings is 2. The predicted molar refractivity (Wildman–Crippen MR) is 105 cm³/mol. The third-order valence-corrected chi connectivity index (χ3v) is 4.58. The number of ether oxygens (including phenoxy) is 1.